The van der Waals surface area contributed by atoms with Crippen molar-refractivity contribution in [2.24, 2.45) is 0 Å². The van der Waals surface area contributed by atoms with Crippen molar-refractivity contribution in [1.29, 1.82) is 0 Å². The van der Waals surface area contributed by atoms with Gasteiger partial charge in [0.25, 0.3) is 0 Å². The van der Waals surface area contributed by atoms with Crippen LogP contribution in [0.5, 0.6) is 0 Å². The number of hydrogen-bond donors (Lipinski definition) is 2. The summed E-state index contributed by atoms with van der Waals surface area (Å²) in [5, 5.41) is 6.82. The van der Waals surface area contributed by atoms with Gasteiger partial charge in [-0.15, -0.1) is 0 Å². The molecule has 2 rings (SSSR count). The smallest absolute Gasteiger partial charge is 0.330 e. The molecule has 4 heteroatoms. The van der Waals surface area contributed by atoms with Gasteiger partial charge in [-0.25, -0.2) is 4.79 Å². The summed E-state index contributed by atoms with van der Waals surface area (Å²) in [7, 11) is 1.38. The molecular weight excluding hydrogens is 228 g/mol. The number of esters is 1. The Kier molecular flexibility index (Phi) is 4.50. The van der Waals surface area contributed by atoms with Crippen LogP contribution in [0.15, 0.2) is 30.3 Å². The Labute approximate surface area is 107 Å². The van der Waals surface area contributed by atoms with E-state index in [-0.39, 0.29) is 12.0 Å². The fourth-order valence-electron chi connectivity index (χ4n) is 2.08. The van der Waals surface area contributed by atoms with E-state index in [9.17, 15) is 4.79 Å². The summed E-state index contributed by atoms with van der Waals surface area (Å²) in [6, 6.07) is 8.36. The molecular formula is C14H18N2O2. The summed E-state index contributed by atoms with van der Waals surface area (Å²) in [5.74, 6) is -0.334. The van der Waals surface area contributed by atoms with Crippen LogP contribution in [0.1, 0.15) is 17.2 Å². The molecule has 0 bridgehead atoms. The summed E-state index contributed by atoms with van der Waals surface area (Å²) >= 11 is 0. The Balaban J connectivity index is 2.19. The Bertz CT molecular complexity index is 437. The topological polar surface area (TPSA) is 50.4 Å². The second kappa shape index (κ2) is 6.33. The third-order valence-corrected chi connectivity index (χ3v) is 3.01. The van der Waals surface area contributed by atoms with E-state index in [1.165, 1.54) is 18.7 Å². The molecule has 1 unspecified atom stereocenters. The third kappa shape index (κ3) is 3.18. The second-order valence-electron chi connectivity index (χ2n) is 4.20. The maximum absolute atomic E-state index is 11.1. The van der Waals surface area contributed by atoms with Gasteiger partial charge in [-0.1, -0.05) is 24.3 Å². The van der Waals surface area contributed by atoms with Gasteiger partial charge in [0.15, 0.2) is 0 Å². The predicted octanol–water partition coefficient (Wildman–Crippen LogP) is 1.11. The van der Waals surface area contributed by atoms with Crippen LogP contribution in [0.4, 0.5) is 0 Å². The fraction of sp³-hybridized carbons (Fsp3) is 0.357. The lowest BCUT2D eigenvalue weighted by Gasteiger charge is -2.26. The van der Waals surface area contributed by atoms with Crippen LogP contribution in [0.3, 0.4) is 0 Å². The van der Waals surface area contributed by atoms with Gasteiger partial charge in [0.1, 0.15) is 0 Å². The van der Waals surface area contributed by atoms with E-state index in [1.54, 1.807) is 6.08 Å². The lowest BCUT2D eigenvalue weighted by molar-refractivity contribution is -0.134. The molecule has 1 aliphatic heterocycles. The second-order valence-corrected chi connectivity index (χ2v) is 4.20. The molecule has 0 amide bonds. The van der Waals surface area contributed by atoms with Crippen LogP contribution in [0.2, 0.25) is 0 Å². The molecule has 0 aliphatic carbocycles. The minimum Gasteiger partial charge on any atom is -0.466 e. The van der Waals surface area contributed by atoms with E-state index in [2.05, 4.69) is 21.4 Å². The first kappa shape index (κ1) is 12.8. The maximum atomic E-state index is 11.1. The molecule has 1 aromatic rings. The van der Waals surface area contributed by atoms with Crippen molar-refractivity contribution < 1.29 is 9.53 Å². The third-order valence-electron chi connectivity index (χ3n) is 3.01. The molecule has 0 aromatic heterocycles. The van der Waals surface area contributed by atoms with Crippen molar-refractivity contribution in [2.75, 3.05) is 26.7 Å². The number of carbonyl (C=O) groups excluding carboxylic acids is 1. The highest BCUT2D eigenvalue weighted by Gasteiger charge is 2.15. The Hall–Kier alpha value is -1.65. The number of hydrogen-bond acceptors (Lipinski definition) is 4. The number of carbonyl (C=O) groups is 1. The van der Waals surface area contributed by atoms with Crippen molar-refractivity contribution in [3.63, 3.8) is 0 Å². The Morgan fingerprint density at radius 3 is 2.94 bits per heavy atom. The molecule has 18 heavy (non-hydrogen) atoms. The van der Waals surface area contributed by atoms with Gasteiger partial charge < -0.3 is 15.4 Å². The normalized spacial score (nSPS) is 19.9. The Morgan fingerprint density at radius 1 is 1.39 bits per heavy atom. The molecule has 0 radical (unpaired) electrons. The van der Waals surface area contributed by atoms with E-state index in [0.717, 1.165) is 25.2 Å². The highest BCUT2D eigenvalue weighted by Crippen LogP contribution is 2.20. The van der Waals surface area contributed by atoms with Gasteiger partial charge in [0, 0.05) is 31.8 Å². The molecule has 1 fully saturated rings. The van der Waals surface area contributed by atoms with Crippen LogP contribution >= 0.6 is 0 Å². The largest absolute Gasteiger partial charge is 0.466 e. The van der Waals surface area contributed by atoms with E-state index < -0.39 is 0 Å². The van der Waals surface area contributed by atoms with Crippen molar-refractivity contribution in [3.8, 4) is 0 Å². The summed E-state index contributed by atoms with van der Waals surface area (Å²) < 4.78 is 4.60. The first-order valence-corrected chi connectivity index (χ1v) is 6.10. The maximum Gasteiger partial charge on any atom is 0.330 e. The number of piperazine rings is 1. The van der Waals surface area contributed by atoms with E-state index in [4.69, 9.17) is 0 Å². The van der Waals surface area contributed by atoms with Crippen molar-refractivity contribution >= 4 is 12.0 Å². The zero-order valence-electron chi connectivity index (χ0n) is 10.5. The van der Waals surface area contributed by atoms with Gasteiger partial charge in [-0.2, -0.15) is 0 Å². The minimum atomic E-state index is -0.334. The first-order valence-electron chi connectivity index (χ1n) is 6.10. The molecule has 2 N–H and O–H groups in total. The highest BCUT2D eigenvalue weighted by molar-refractivity contribution is 5.87. The van der Waals surface area contributed by atoms with Gasteiger partial charge in [0.2, 0.25) is 0 Å². The van der Waals surface area contributed by atoms with Crippen LogP contribution in [0.25, 0.3) is 6.08 Å². The highest BCUT2D eigenvalue weighted by atomic mass is 16.5. The molecule has 0 spiro atoms. The lowest BCUT2D eigenvalue weighted by atomic mass is 9.99. The number of ether oxygens (including phenoxy) is 1. The molecule has 1 aliphatic rings. The van der Waals surface area contributed by atoms with Crippen molar-refractivity contribution in [3.05, 3.63) is 41.5 Å². The van der Waals surface area contributed by atoms with Gasteiger partial charge in [0.05, 0.1) is 7.11 Å². The number of methoxy groups -OCH3 is 1. The van der Waals surface area contributed by atoms with Gasteiger partial charge in [-0.3, -0.25) is 0 Å². The first-order chi connectivity index (χ1) is 8.81. The summed E-state index contributed by atoms with van der Waals surface area (Å²) in [4.78, 5) is 11.1. The van der Waals surface area contributed by atoms with Crippen LogP contribution in [-0.4, -0.2) is 32.7 Å². The van der Waals surface area contributed by atoms with E-state index in [1.807, 2.05) is 18.2 Å². The predicted molar refractivity (Wildman–Crippen MR) is 71.1 cm³/mol. The molecule has 1 heterocycles. The molecule has 96 valence electrons. The average Bonchev–Trinajstić information content (AvgIpc) is 2.46. The molecule has 0 saturated carbocycles. The molecule has 1 saturated heterocycles. The monoisotopic (exact) mass is 246 g/mol. The Morgan fingerprint density at radius 2 is 2.22 bits per heavy atom. The SMILES string of the molecule is COC(=O)/C=C/c1ccccc1C1CNCCN1. The molecule has 1 atom stereocenters. The average molecular weight is 246 g/mol. The van der Waals surface area contributed by atoms with Crippen LogP contribution in [0, 0.1) is 0 Å². The lowest BCUT2D eigenvalue weighted by Crippen LogP contribution is -2.42. The van der Waals surface area contributed by atoms with Gasteiger partial charge >= 0.3 is 5.97 Å². The summed E-state index contributed by atoms with van der Waals surface area (Å²) in [6.07, 6.45) is 3.26. The fourth-order valence-corrected chi connectivity index (χ4v) is 2.08. The van der Waals surface area contributed by atoms with Gasteiger partial charge in [-0.05, 0) is 17.2 Å². The van der Waals surface area contributed by atoms with Crippen LogP contribution < -0.4 is 10.6 Å². The zero-order valence-corrected chi connectivity index (χ0v) is 10.5. The zero-order chi connectivity index (χ0) is 12.8. The van der Waals surface area contributed by atoms with E-state index >= 15 is 0 Å². The van der Waals surface area contributed by atoms with Crippen molar-refractivity contribution in [1.82, 2.24) is 10.6 Å². The standard InChI is InChI=1S/C14H18N2O2/c1-18-14(17)7-6-11-4-2-3-5-12(11)13-10-15-8-9-16-13/h2-7,13,15-16H,8-10H2,1H3/b7-6+. The van der Waals surface area contributed by atoms with Crippen molar-refractivity contribution in [2.45, 2.75) is 6.04 Å². The number of benzene rings is 1. The number of rotatable bonds is 3. The molecule has 4 nitrogen and oxygen atoms in total. The van der Waals surface area contributed by atoms with E-state index in [0.29, 0.717) is 0 Å². The summed E-state index contributed by atoms with van der Waals surface area (Å²) in [6.45, 7) is 2.86. The number of nitrogens with one attached hydrogen (secondary N) is 2. The molecule has 1 aromatic carbocycles. The minimum absolute atomic E-state index is 0.289. The summed E-state index contributed by atoms with van der Waals surface area (Å²) in [5.41, 5.74) is 2.24. The van der Waals surface area contributed by atoms with Crippen LogP contribution in [-0.2, 0) is 9.53 Å². The quantitative estimate of drug-likeness (QED) is 0.619.